The van der Waals surface area contributed by atoms with Crippen molar-refractivity contribution in [1.82, 2.24) is 19.2 Å². The Labute approximate surface area is 204 Å². The van der Waals surface area contributed by atoms with E-state index in [0.29, 0.717) is 38.7 Å². The van der Waals surface area contributed by atoms with Crippen LogP contribution < -0.4 is 10.5 Å². The van der Waals surface area contributed by atoms with Gasteiger partial charge in [0.1, 0.15) is 15.8 Å². The number of likely N-dealkylation sites (N-methyl/N-ethyl adjacent to an activating group) is 1. The summed E-state index contributed by atoms with van der Waals surface area (Å²) < 4.78 is 2.13. The van der Waals surface area contributed by atoms with E-state index in [1.165, 1.54) is 11.8 Å². The lowest BCUT2D eigenvalue weighted by atomic mass is 10.1. The van der Waals surface area contributed by atoms with Crippen LogP contribution in [0.15, 0.2) is 28.0 Å². The predicted octanol–water partition coefficient (Wildman–Crippen LogP) is 3.39. The number of amides is 1. The summed E-state index contributed by atoms with van der Waals surface area (Å²) in [6.45, 7) is 13.4. The number of aromatic nitrogens is 2. The van der Waals surface area contributed by atoms with Gasteiger partial charge in [-0.3, -0.25) is 18.9 Å². The standard InChI is InChI=1S/C24H31N5O2S2/c1-5-26-11-13-27(14-12-26)21-18(22(30)28-9-6-7-17(4)20(28)25-21)15-19-23(31)29(24(32)33-19)10-8-16(2)3/h6-7,9,15-16H,5,8,10-14H2,1-4H3. The molecule has 2 fully saturated rings. The SMILES string of the molecule is CCN1CCN(c2nc3c(C)cccn3c(=O)c2C=C2SC(=S)N(CCC(C)C)C2=O)CC1. The van der Waals surface area contributed by atoms with Crippen molar-refractivity contribution in [2.45, 2.75) is 34.1 Å². The summed E-state index contributed by atoms with van der Waals surface area (Å²) in [6.07, 6.45) is 4.33. The van der Waals surface area contributed by atoms with Crippen LogP contribution in [0.3, 0.4) is 0 Å². The highest BCUT2D eigenvalue weighted by Crippen LogP contribution is 2.34. The summed E-state index contributed by atoms with van der Waals surface area (Å²) in [7, 11) is 0. The lowest BCUT2D eigenvalue weighted by Crippen LogP contribution is -2.47. The van der Waals surface area contributed by atoms with Crippen LogP contribution in [0, 0.1) is 12.8 Å². The van der Waals surface area contributed by atoms with Crippen LogP contribution in [0.4, 0.5) is 5.82 Å². The van der Waals surface area contributed by atoms with Gasteiger partial charge in [-0.1, -0.05) is 50.8 Å². The summed E-state index contributed by atoms with van der Waals surface area (Å²) in [5.74, 6) is 1.00. The molecule has 0 bridgehead atoms. The van der Waals surface area contributed by atoms with Gasteiger partial charge in [-0.05, 0) is 43.5 Å². The first-order valence-corrected chi connectivity index (χ1v) is 12.8. The summed E-state index contributed by atoms with van der Waals surface area (Å²) in [4.78, 5) is 38.4. The second kappa shape index (κ2) is 9.95. The number of thiocarbonyl (C=S) groups is 1. The monoisotopic (exact) mass is 485 g/mol. The first-order chi connectivity index (χ1) is 15.8. The van der Waals surface area contributed by atoms with E-state index in [-0.39, 0.29) is 11.5 Å². The topological polar surface area (TPSA) is 61.2 Å². The Morgan fingerprint density at radius 3 is 2.61 bits per heavy atom. The van der Waals surface area contributed by atoms with E-state index in [4.69, 9.17) is 17.2 Å². The molecule has 2 aliphatic rings. The Morgan fingerprint density at radius 2 is 1.94 bits per heavy atom. The van der Waals surface area contributed by atoms with E-state index in [9.17, 15) is 9.59 Å². The van der Waals surface area contributed by atoms with Crippen molar-refractivity contribution >= 4 is 51.7 Å². The van der Waals surface area contributed by atoms with Gasteiger partial charge in [-0.2, -0.15) is 0 Å². The number of aryl methyl sites for hydroxylation is 1. The Balaban J connectivity index is 1.78. The van der Waals surface area contributed by atoms with Gasteiger partial charge >= 0.3 is 0 Å². The molecule has 2 aromatic heterocycles. The van der Waals surface area contributed by atoms with Crippen molar-refractivity contribution in [3.8, 4) is 0 Å². The molecule has 7 nitrogen and oxygen atoms in total. The number of pyridine rings is 1. The Hall–Kier alpha value is -2.23. The number of rotatable bonds is 6. The average molecular weight is 486 g/mol. The molecular formula is C24H31N5O2S2. The second-order valence-corrected chi connectivity index (χ2v) is 10.7. The normalized spacial score (nSPS) is 19.0. The quantitative estimate of drug-likeness (QED) is 0.459. The van der Waals surface area contributed by atoms with E-state index in [0.717, 1.165) is 44.7 Å². The lowest BCUT2D eigenvalue weighted by Gasteiger charge is -2.35. The molecule has 0 saturated carbocycles. The van der Waals surface area contributed by atoms with Gasteiger partial charge in [-0.25, -0.2) is 4.98 Å². The van der Waals surface area contributed by atoms with E-state index < -0.39 is 0 Å². The molecule has 0 atom stereocenters. The molecule has 33 heavy (non-hydrogen) atoms. The third-order valence-corrected chi connectivity index (χ3v) is 7.64. The summed E-state index contributed by atoms with van der Waals surface area (Å²) in [5, 5.41) is 0. The number of hydrogen-bond donors (Lipinski definition) is 0. The van der Waals surface area contributed by atoms with Gasteiger partial charge in [-0.15, -0.1) is 0 Å². The number of anilines is 1. The van der Waals surface area contributed by atoms with Gasteiger partial charge in [0.25, 0.3) is 11.5 Å². The molecule has 0 spiro atoms. The number of piperazine rings is 1. The number of thioether (sulfide) groups is 1. The average Bonchev–Trinajstić information content (AvgIpc) is 3.06. The fourth-order valence-electron chi connectivity index (χ4n) is 4.15. The highest BCUT2D eigenvalue weighted by molar-refractivity contribution is 8.26. The highest BCUT2D eigenvalue weighted by atomic mass is 32.2. The molecule has 0 aliphatic carbocycles. The molecule has 4 heterocycles. The molecule has 2 aromatic rings. The molecule has 0 unspecified atom stereocenters. The summed E-state index contributed by atoms with van der Waals surface area (Å²) in [6, 6.07) is 3.81. The van der Waals surface area contributed by atoms with Crippen molar-refractivity contribution in [3.63, 3.8) is 0 Å². The highest BCUT2D eigenvalue weighted by Gasteiger charge is 2.33. The maximum absolute atomic E-state index is 13.6. The van der Waals surface area contributed by atoms with Crippen molar-refractivity contribution in [2.24, 2.45) is 5.92 Å². The largest absolute Gasteiger partial charge is 0.353 e. The second-order valence-electron chi connectivity index (χ2n) is 8.98. The molecular weight excluding hydrogens is 454 g/mol. The first-order valence-electron chi connectivity index (χ1n) is 11.5. The van der Waals surface area contributed by atoms with Crippen LogP contribution in [-0.4, -0.2) is 68.7 Å². The molecule has 4 rings (SSSR count). The molecule has 0 radical (unpaired) electrons. The molecule has 176 valence electrons. The number of carbonyl (C=O) groups is 1. The number of fused-ring (bicyclic) bond motifs is 1. The molecule has 0 N–H and O–H groups in total. The molecule has 0 aromatic carbocycles. The number of carbonyl (C=O) groups excluding carboxylic acids is 1. The minimum atomic E-state index is -0.163. The van der Waals surface area contributed by atoms with E-state index in [2.05, 4.69) is 30.6 Å². The Morgan fingerprint density at radius 1 is 1.21 bits per heavy atom. The van der Waals surface area contributed by atoms with E-state index >= 15 is 0 Å². The summed E-state index contributed by atoms with van der Waals surface area (Å²) in [5.41, 5.74) is 1.88. The molecule has 2 aliphatic heterocycles. The minimum absolute atomic E-state index is 0.124. The van der Waals surface area contributed by atoms with Gasteiger partial charge in [0, 0.05) is 38.9 Å². The van der Waals surface area contributed by atoms with Crippen LogP contribution in [0.5, 0.6) is 0 Å². The third-order valence-electron chi connectivity index (χ3n) is 6.26. The van der Waals surface area contributed by atoms with E-state index in [1.807, 2.05) is 19.1 Å². The van der Waals surface area contributed by atoms with Gasteiger partial charge in [0.05, 0.1) is 10.5 Å². The van der Waals surface area contributed by atoms with E-state index in [1.54, 1.807) is 21.6 Å². The lowest BCUT2D eigenvalue weighted by molar-refractivity contribution is -0.122. The van der Waals surface area contributed by atoms with Crippen LogP contribution in [-0.2, 0) is 4.79 Å². The maximum Gasteiger partial charge on any atom is 0.267 e. The van der Waals surface area contributed by atoms with Gasteiger partial charge < -0.3 is 9.80 Å². The smallest absolute Gasteiger partial charge is 0.267 e. The van der Waals surface area contributed by atoms with Gasteiger partial charge in [0.15, 0.2) is 0 Å². The molecule has 2 saturated heterocycles. The zero-order valence-electron chi connectivity index (χ0n) is 19.7. The minimum Gasteiger partial charge on any atom is -0.353 e. The van der Waals surface area contributed by atoms with Crippen molar-refractivity contribution in [1.29, 1.82) is 0 Å². The van der Waals surface area contributed by atoms with Crippen LogP contribution in [0.2, 0.25) is 0 Å². The first kappa shape index (κ1) is 23.9. The predicted molar refractivity (Wildman–Crippen MR) is 140 cm³/mol. The number of hydrogen-bond acceptors (Lipinski definition) is 7. The van der Waals surface area contributed by atoms with Crippen LogP contribution in [0.1, 0.15) is 38.3 Å². The van der Waals surface area contributed by atoms with Crippen molar-refractivity contribution < 1.29 is 4.79 Å². The Bertz CT molecular complexity index is 1170. The zero-order valence-corrected chi connectivity index (χ0v) is 21.3. The van der Waals surface area contributed by atoms with Crippen LogP contribution >= 0.6 is 24.0 Å². The molecule has 1 amide bonds. The number of nitrogens with zero attached hydrogens (tertiary/aromatic N) is 5. The van der Waals surface area contributed by atoms with Gasteiger partial charge in [0.2, 0.25) is 0 Å². The zero-order chi connectivity index (χ0) is 23.7. The summed E-state index contributed by atoms with van der Waals surface area (Å²) >= 11 is 6.76. The van der Waals surface area contributed by atoms with Crippen LogP contribution in [0.25, 0.3) is 11.7 Å². The molecule has 9 heteroatoms. The van der Waals surface area contributed by atoms with Crippen molar-refractivity contribution in [3.05, 3.63) is 44.7 Å². The fourth-order valence-corrected chi connectivity index (χ4v) is 5.45. The van der Waals surface area contributed by atoms with Crippen molar-refractivity contribution in [2.75, 3.05) is 44.2 Å². The third kappa shape index (κ3) is 4.85. The fraction of sp³-hybridized carbons (Fsp3) is 0.500. The Kier molecular flexibility index (Phi) is 7.21. The maximum atomic E-state index is 13.6.